The lowest BCUT2D eigenvalue weighted by atomic mass is 10.1. The number of benzene rings is 1. The molecule has 0 saturated carbocycles. The highest BCUT2D eigenvalue weighted by atomic mass is 35.5. The first kappa shape index (κ1) is 23.0. The van der Waals surface area contributed by atoms with E-state index in [9.17, 15) is 4.79 Å². The number of pyridine rings is 1. The van der Waals surface area contributed by atoms with E-state index in [2.05, 4.69) is 32.2 Å². The van der Waals surface area contributed by atoms with Gasteiger partial charge in [-0.2, -0.15) is 0 Å². The van der Waals surface area contributed by atoms with Crippen molar-refractivity contribution in [3.8, 4) is 5.75 Å². The second kappa shape index (κ2) is 11.6. The monoisotopic (exact) mass is 456 g/mol. The van der Waals surface area contributed by atoms with Gasteiger partial charge in [-0.1, -0.05) is 11.6 Å². The van der Waals surface area contributed by atoms with Crippen LogP contribution in [0.3, 0.4) is 0 Å². The molecule has 1 aromatic heterocycles. The van der Waals surface area contributed by atoms with E-state index in [1.807, 2.05) is 18.5 Å². The van der Waals surface area contributed by atoms with E-state index >= 15 is 0 Å². The number of amides is 1. The minimum atomic E-state index is -0.0794. The van der Waals surface area contributed by atoms with E-state index < -0.39 is 0 Å². The molecule has 0 atom stereocenters. The van der Waals surface area contributed by atoms with E-state index in [0.717, 1.165) is 45.4 Å². The van der Waals surface area contributed by atoms with Crippen LogP contribution in [0.2, 0.25) is 5.02 Å². The van der Waals surface area contributed by atoms with E-state index in [1.54, 1.807) is 12.1 Å². The Kier molecular flexibility index (Phi) is 8.37. The van der Waals surface area contributed by atoms with Gasteiger partial charge in [0, 0.05) is 44.1 Å². The van der Waals surface area contributed by atoms with Crippen molar-refractivity contribution in [2.45, 2.75) is 44.8 Å². The van der Waals surface area contributed by atoms with Crippen molar-refractivity contribution in [3.63, 3.8) is 0 Å². The van der Waals surface area contributed by atoms with Crippen LogP contribution in [0.25, 0.3) is 0 Å². The van der Waals surface area contributed by atoms with Crippen LogP contribution in [0.1, 0.15) is 48.0 Å². The average Bonchev–Trinajstić information content (AvgIpc) is 3.33. The van der Waals surface area contributed by atoms with E-state index in [4.69, 9.17) is 16.3 Å². The first-order valence-electron chi connectivity index (χ1n) is 11.8. The van der Waals surface area contributed by atoms with Gasteiger partial charge >= 0.3 is 0 Å². The van der Waals surface area contributed by atoms with Crippen LogP contribution in [0, 0.1) is 0 Å². The summed E-state index contributed by atoms with van der Waals surface area (Å²) in [6.45, 7) is 7.03. The number of piperidine rings is 1. The molecule has 0 spiro atoms. The van der Waals surface area contributed by atoms with Crippen molar-refractivity contribution in [1.29, 1.82) is 0 Å². The Morgan fingerprint density at radius 2 is 1.81 bits per heavy atom. The summed E-state index contributed by atoms with van der Waals surface area (Å²) in [7, 11) is 0. The SMILES string of the molecule is O=C(NCCCN1CCCC1)c1ccc(OC2CCN(Cc3ccncc3)CC2)c(Cl)c1. The summed E-state index contributed by atoms with van der Waals surface area (Å²) < 4.78 is 6.17. The molecule has 1 aromatic carbocycles. The summed E-state index contributed by atoms with van der Waals surface area (Å²) in [5.74, 6) is 0.578. The lowest BCUT2D eigenvalue weighted by molar-refractivity contribution is 0.0949. The molecule has 2 aliphatic heterocycles. The number of aromatic nitrogens is 1. The molecule has 0 radical (unpaired) electrons. The zero-order valence-electron chi connectivity index (χ0n) is 18.6. The summed E-state index contributed by atoms with van der Waals surface area (Å²) in [6, 6.07) is 9.47. The summed E-state index contributed by atoms with van der Waals surface area (Å²) in [6.07, 6.45) is 9.30. The molecule has 2 fully saturated rings. The quantitative estimate of drug-likeness (QED) is 0.578. The normalized spacial score (nSPS) is 18.0. The number of hydrogen-bond donors (Lipinski definition) is 1. The first-order valence-corrected chi connectivity index (χ1v) is 12.1. The number of halogens is 1. The molecule has 6 nitrogen and oxygen atoms in total. The topological polar surface area (TPSA) is 57.7 Å². The van der Waals surface area contributed by atoms with Crippen molar-refractivity contribution in [1.82, 2.24) is 20.1 Å². The molecular formula is C25H33ClN4O2. The van der Waals surface area contributed by atoms with E-state index in [0.29, 0.717) is 22.9 Å². The number of likely N-dealkylation sites (tertiary alicyclic amines) is 2. The largest absolute Gasteiger partial charge is 0.489 e. The third-order valence-corrected chi connectivity index (χ3v) is 6.61. The van der Waals surface area contributed by atoms with Crippen LogP contribution in [-0.2, 0) is 6.54 Å². The third kappa shape index (κ3) is 6.67. The molecule has 1 N–H and O–H groups in total. The fraction of sp³-hybridized carbons (Fsp3) is 0.520. The Hall–Kier alpha value is -2.15. The van der Waals surface area contributed by atoms with E-state index in [-0.39, 0.29) is 12.0 Å². The molecule has 3 heterocycles. The highest BCUT2D eigenvalue weighted by Gasteiger charge is 2.22. The lowest BCUT2D eigenvalue weighted by Gasteiger charge is -2.32. The molecule has 4 rings (SSSR count). The average molecular weight is 457 g/mol. The molecule has 2 aromatic rings. The smallest absolute Gasteiger partial charge is 0.251 e. The highest BCUT2D eigenvalue weighted by Crippen LogP contribution is 2.28. The highest BCUT2D eigenvalue weighted by molar-refractivity contribution is 6.32. The molecule has 0 unspecified atom stereocenters. The Morgan fingerprint density at radius 1 is 1.06 bits per heavy atom. The predicted octanol–water partition coefficient (Wildman–Crippen LogP) is 3.99. The third-order valence-electron chi connectivity index (χ3n) is 6.31. The van der Waals surface area contributed by atoms with Gasteiger partial charge in [0.25, 0.3) is 5.91 Å². The molecule has 1 amide bonds. The van der Waals surface area contributed by atoms with Crippen LogP contribution >= 0.6 is 11.6 Å². The predicted molar refractivity (Wildman–Crippen MR) is 127 cm³/mol. The van der Waals surface area contributed by atoms with Crippen molar-refractivity contribution in [2.75, 3.05) is 39.3 Å². The maximum Gasteiger partial charge on any atom is 0.251 e. The minimum absolute atomic E-state index is 0.0794. The Morgan fingerprint density at radius 3 is 2.53 bits per heavy atom. The summed E-state index contributed by atoms with van der Waals surface area (Å²) in [4.78, 5) is 21.4. The fourth-order valence-electron chi connectivity index (χ4n) is 4.46. The maximum atomic E-state index is 12.4. The zero-order chi connectivity index (χ0) is 22.2. The number of hydrogen-bond acceptors (Lipinski definition) is 5. The zero-order valence-corrected chi connectivity index (χ0v) is 19.4. The van der Waals surface area contributed by atoms with Crippen LogP contribution in [-0.4, -0.2) is 66.1 Å². The molecule has 0 bridgehead atoms. The van der Waals surface area contributed by atoms with Crippen LogP contribution < -0.4 is 10.1 Å². The summed E-state index contributed by atoms with van der Waals surface area (Å²) >= 11 is 6.45. The van der Waals surface area contributed by atoms with Crippen LogP contribution in [0.5, 0.6) is 5.75 Å². The Labute approximate surface area is 195 Å². The van der Waals surface area contributed by atoms with Gasteiger partial charge in [-0.15, -0.1) is 0 Å². The number of nitrogens with zero attached hydrogens (tertiary/aromatic N) is 3. The number of carbonyl (C=O) groups excluding carboxylic acids is 1. The van der Waals surface area contributed by atoms with E-state index in [1.165, 1.54) is 31.5 Å². The van der Waals surface area contributed by atoms with Gasteiger partial charge in [-0.3, -0.25) is 14.7 Å². The molecule has 32 heavy (non-hydrogen) atoms. The van der Waals surface area contributed by atoms with Crippen LogP contribution in [0.15, 0.2) is 42.7 Å². The number of nitrogens with one attached hydrogen (secondary N) is 1. The first-order chi connectivity index (χ1) is 15.7. The Bertz CT molecular complexity index is 866. The van der Waals surface area contributed by atoms with Crippen molar-refractivity contribution >= 4 is 17.5 Å². The van der Waals surface area contributed by atoms with Gasteiger partial charge in [0.15, 0.2) is 0 Å². The number of carbonyl (C=O) groups is 1. The molecule has 2 aliphatic rings. The summed E-state index contributed by atoms with van der Waals surface area (Å²) in [5.41, 5.74) is 1.86. The maximum absolute atomic E-state index is 12.4. The van der Waals surface area contributed by atoms with Gasteiger partial charge in [-0.25, -0.2) is 0 Å². The van der Waals surface area contributed by atoms with Gasteiger partial charge in [0.05, 0.1) is 5.02 Å². The van der Waals surface area contributed by atoms with Crippen LogP contribution in [0.4, 0.5) is 0 Å². The minimum Gasteiger partial charge on any atom is -0.489 e. The number of rotatable bonds is 9. The number of ether oxygens (including phenoxy) is 1. The van der Waals surface area contributed by atoms with Gasteiger partial charge in [-0.05, 0) is 87.6 Å². The second-order valence-electron chi connectivity index (χ2n) is 8.75. The standard InChI is InChI=1S/C25H33ClN4O2/c26-23-18-21(25(31)28-10-3-15-29-13-1-2-14-29)4-5-24(23)32-22-8-16-30(17-9-22)19-20-6-11-27-12-7-20/h4-7,11-12,18,22H,1-3,8-10,13-17,19H2,(H,28,31). The van der Waals surface area contributed by atoms with Gasteiger partial charge in [0.1, 0.15) is 11.9 Å². The fourth-order valence-corrected chi connectivity index (χ4v) is 4.69. The molecule has 7 heteroatoms. The van der Waals surface area contributed by atoms with Gasteiger partial charge in [0.2, 0.25) is 0 Å². The van der Waals surface area contributed by atoms with Crippen molar-refractivity contribution in [3.05, 3.63) is 58.9 Å². The molecule has 0 aliphatic carbocycles. The molecular weight excluding hydrogens is 424 g/mol. The van der Waals surface area contributed by atoms with Gasteiger partial charge < -0.3 is 15.0 Å². The molecule has 172 valence electrons. The second-order valence-corrected chi connectivity index (χ2v) is 9.16. The lowest BCUT2D eigenvalue weighted by Crippen LogP contribution is -2.37. The van der Waals surface area contributed by atoms with Crippen molar-refractivity contribution in [2.24, 2.45) is 0 Å². The van der Waals surface area contributed by atoms with Crippen molar-refractivity contribution < 1.29 is 9.53 Å². The summed E-state index contributed by atoms with van der Waals surface area (Å²) in [5, 5.41) is 3.50. The Balaban J connectivity index is 1.20. The molecule has 2 saturated heterocycles.